The average Bonchev–Trinajstić information content (AvgIpc) is 2.80. The number of hydrogen-bond acceptors (Lipinski definition) is 6. The SMILES string of the molecule is Cc1cc(C)c(NS(=O)(=O)NC(=O)OC(C)(C)C)c(C)c1NC(=O)C1c2ccccc2CCN1C(=O)C(C)(C)C. The van der Waals surface area contributed by atoms with Crippen molar-refractivity contribution in [2.75, 3.05) is 16.6 Å². The Kier molecular flexibility index (Phi) is 8.59. The number of rotatable bonds is 5. The molecule has 0 aliphatic carbocycles. The first-order valence-electron chi connectivity index (χ1n) is 13.1. The molecule has 40 heavy (non-hydrogen) atoms. The molecule has 1 heterocycles. The van der Waals surface area contributed by atoms with Crippen LogP contribution in [0.25, 0.3) is 0 Å². The molecule has 1 aliphatic heterocycles. The minimum Gasteiger partial charge on any atom is -0.443 e. The van der Waals surface area contributed by atoms with Gasteiger partial charge in [-0.15, -0.1) is 0 Å². The highest BCUT2D eigenvalue weighted by Crippen LogP contribution is 2.36. The number of aryl methyl sites for hydroxylation is 2. The zero-order valence-corrected chi connectivity index (χ0v) is 25.5. The number of carbonyl (C=O) groups is 3. The number of ether oxygens (including phenoxy) is 1. The molecule has 0 saturated heterocycles. The Morgan fingerprint density at radius 1 is 0.950 bits per heavy atom. The van der Waals surface area contributed by atoms with Crippen LogP contribution < -0.4 is 14.8 Å². The Morgan fingerprint density at radius 2 is 1.55 bits per heavy atom. The molecular formula is C29H40N4O6S. The Balaban J connectivity index is 1.97. The summed E-state index contributed by atoms with van der Waals surface area (Å²) in [5, 5.41) is 2.97. The van der Waals surface area contributed by atoms with Crippen LogP contribution in [-0.2, 0) is 31.0 Å². The second kappa shape index (κ2) is 11.1. The molecule has 0 saturated carbocycles. The van der Waals surface area contributed by atoms with Crippen LogP contribution in [0, 0.1) is 26.2 Å². The highest BCUT2D eigenvalue weighted by atomic mass is 32.2. The summed E-state index contributed by atoms with van der Waals surface area (Å²) in [6.45, 7) is 15.9. The van der Waals surface area contributed by atoms with Crippen molar-refractivity contribution in [1.29, 1.82) is 0 Å². The number of benzene rings is 2. The zero-order valence-electron chi connectivity index (χ0n) is 24.7. The van der Waals surface area contributed by atoms with Crippen molar-refractivity contribution in [2.45, 2.75) is 80.4 Å². The minimum atomic E-state index is -4.35. The molecule has 0 radical (unpaired) electrons. The number of nitrogens with zero attached hydrogens (tertiary/aromatic N) is 1. The van der Waals surface area contributed by atoms with Gasteiger partial charge in [-0.25, -0.2) is 9.52 Å². The second-order valence-corrected chi connectivity index (χ2v) is 13.6. The molecule has 0 aromatic heterocycles. The first-order valence-corrected chi connectivity index (χ1v) is 14.6. The molecule has 11 heteroatoms. The molecular weight excluding hydrogens is 532 g/mol. The number of fused-ring (bicyclic) bond motifs is 1. The summed E-state index contributed by atoms with van der Waals surface area (Å²) in [5.74, 6) is -0.540. The molecule has 3 rings (SSSR count). The van der Waals surface area contributed by atoms with Gasteiger partial charge in [0.05, 0.1) is 5.69 Å². The summed E-state index contributed by atoms with van der Waals surface area (Å²) in [6.07, 6.45) is -0.475. The van der Waals surface area contributed by atoms with Gasteiger partial charge in [0, 0.05) is 17.6 Å². The molecule has 3 amide bonds. The lowest BCUT2D eigenvalue weighted by Crippen LogP contribution is -2.49. The van der Waals surface area contributed by atoms with Crippen molar-refractivity contribution in [3.8, 4) is 0 Å². The molecule has 0 bridgehead atoms. The Hall–Kier alpha value is -3.60. The van der Waals surface area contributed by atoms with E-state index in [9.17, 15) is 22.8 Å². The predicted octanol–water partition coefficient (Wildman–Crippen LogP) is 4.90. The molecule has 0 spiro atoms. The maximum Gasteiger partial charge on any atom is 0.422 e. The van der Waals surface area contributed by atoms with E-state index < -0.39 is 39.3 Å². The maximum atomic E-state index is 13.9. The van der Waals surface area contributed by atoms with E-state index in [2.05, 4.69) is 10.0 Å². The Labute approximate surface area is 237 Å². The van der Waals surface area contributed by atoms with Crippen LogP contribution in [0.3, 0.4) is 0 Å². The number of anilines is 2. The van der Waals surface area contributed by atoms with Crippen molar-refractivity contribution in [3.63, 3.8) is 0 Å². The third kappa shape index (κ3) is 7.12. The Morgan fingerprint density at radius 3 is 2.15 bits per heavy atom. The minimum absolute atomic E-state index is 0.138. The van der Waals surface area contributed by atoms with Crippen molar-refractivity contribution in [2.24, 2.45) is 5.41 Å². The van der Waals surface area contributed by atoms with Crippen LogP contribution in [0.15, 0.2) is 30.3 Å². The largest absolute Gasteiger partial charge is 0.443 e. The molecule has 1 unspecified atom stereocenters. The van der Waals surface area contributed by atoms with Gasteiger partial charge in [0.25, 0.3) is 5.91 Å². The first kappa shape index (κ1) is 30.9. The number of hydrogen-bond donors (Lipinski definition) is 3. The van der Waals surface area contributed by atoms with Gasteiger partial charge in [0.2, 0.25) is 5.91 Å². The fourth-order valence-corrected chi connectivity index (χ4v) is 5.69. The van der Waals surface area contributed by atoms with Gasteiger partial charge >= 0.3 is 16.3 Å². The fraction of sp³-hybridized carbons (Fsp3) is 0.483. The van der Waals surface area contributed by atoms with Crippen LogP contribution in [0.5, 0.6) is 0 Å². The molecule has 1 aliphatic rings. The lowest BCUT2D eigenvalue weighted by molar-refractivity contribution is -0.146. The number of amides is 3. The van der Waals surface area contributed by atoms with Crippen molar-refractivity contribution in [1.82, 2.24) is 9.62 Å². The van der Waals surface area contributed by atoms with Gasteiger partial charge in [-0.2, -0.15) is 8.42 Å². The molecule has 2 aromatic rings. The van der Waals surface area contributed by atoms with E-state index in [1.54, 1.807) is 52.5 Å². The second-order valence-electron chi connectivity index (χ2n) is 12.2. The van der Waals surface area contributed by atoms with Crippen LogP contribution >= 0.6 is 0 Å². The van der Waals surface area contributed by atoms with E-state index in [0.29, 0.717) is 35.3 Å². The van der Waals surface area contributed by atoms with Gasteiger partial charge in [-0.1, -0.05) is 51.1 Å². The summed E-state index contributed by atoms with van der Waals surface area (Å²) >= 11 is 0. The van der Waals surface area contributed by atoms with E-state index in [0.717, 1.165) is 11.1 Å². The van der Waals surface area contributed by atoms with Crippen LogP contribution in [0.4, 0.5) is 16.2 Å². The van der Waals surface area contributed by atoms with Crippen molar-refractivity contribution < 1.29 is 27.5 Å². The quantitative estimate of drug-likeness (QED) is 0.467. The summed E-state index contributed by atoms with van der Waals surface area (Å²) in [5.41, 5.74) is 2.58. The van der Waals surface area contributed by atoms with Crippen LogP contribution in [0.2, 0.25) is 0 Å². The summed E-state index contributed by atoms with van der Waals surface area (Å²) in [4.78, 5) is 41.0. The topological polar surface area (TPSA) is 134 Å². The third-order valence-corrected chi connectivity index (χ3v) is 7.42. The highest BCUT2D eigenvalue weighted by Gasteiger charge is 2.40. The molecule has 10 nitrogen and oxygen atoms in total. The third-order valence-electron chi connectivity index (χ3n) is 6.51. The van der Waals surface area contributed by atoms with E-state index in [-0.39, 0.29) is 11.6 Å². The van der Waals surface area contributed by atoms with Crippen molar-refractivity contribution in [3.05, 3.63) is 58.1 Å². The Bertz CT molecular complexity index is 1440. The van der Waals surface area contributed by atoms with E-state index in [1.807, 2.05) is 49.8 Å². The molecule has 218 valence electrons. The van der Waals surface area contributed by atoms with Gasteiger partial charge in [0.1, 0.15) is 11.6 Å². The molecule has 1 atom stereocenters. The molecule has 2 aromatic carbocycles. The zero-order chi connectivity index (χ0) is 30.2. The summed E-state index contributed by atoms with van der Waals surface area (Å²) in [7, 11) is -4.35. The van der Waals surface area contributed by atoms with Crippen LogP contribution in [-0.4, -0.2) is 43.4 Å². The van der Waals surface area contributed by atoms with Gasteiger partial charge < -0.3 is 15.0 Å². The summed E-state index contributed by atoms with van der Waals surface area (Å²) in [6, 6.07) is 8.45. The van der Waals surface area contributed by atoms with Gasteiger partial charge in [-0.3, -0.25) is 14.3 Å². The lowest BCUT2D eigenvalue weighted by atomic mass is 9.87. The average molecular weight is 573 g/mol. The maximum absolute atomic E-state index is 13.9. The van der Waals surface area contributed by atoms with Gasteiger partial charge in [0.15, 0.2) is 0 Å². The predicted molar refractivity (Wildman–Crippen MR) is 155 cm³/mol. The fourth-order valence-electron chi connectivity index (χ4n) is 4.79. The highest BCUT2D eigenvalue weighted by molar-refractivity contribution is 7.91. The normalized spacial score (nSPS) is 15.6. The van der Waals surface area contributed by atoms with E-state index >= 15 is 0 Å². The smallest absolute Gasteiger partial charge is 0.422 e. The first-order chi connectivity index (χ1) is 18.3. The standard InChI is InChI=1S/C29H40N4O6S/c1-17-16-18(2)23(31-40(37,38)32-27(36)39-29(7,8)9)19(3)22(17)30-25(34)24-21-13-11-10-12-20(21)14-15-33(24)26(35)28(4,5)6/h10-13,16,24,31H,14-15H2,1-9H3,(H,30,34)(H,32,36). The number of nitrogens with one attached hydrogen (secondary N) is 3. The molecule has 3 N–H and O–H groups in total. The number of carbonyl (C=O) groups excluding carboxylic acids is 3. The van der Waals surface area contributed by atoms with E-state index in [1.165, 1.54) is 0 Å². The van der Waals surface area contributed by atoms with Crippen molar-refractivity contribution >= 4 is 39.5 Å². The summed E-state index contributed by atoms with van der Waals surface area (Å²) < 4.78 is 34.8. The van der Waals surface area contributed by atoms with Gasteiger partial charge in [-0.05, 0) is 75.8 Å². The molecule has 0 fully saturated rings. The lowest BCUT2D eigenvalue weighted by Gasteiger charge is -2.39. The monoisotopic (exact) mass is 572 g/mol. The van der Waals surface area contributed by atoms with E-state index in [4.69, 9.17) is 4.74 Å². The van der Waals surface area contributed by atoms with Crippen LogP contribution in [0.1, 0.15) is 75.4 Å².